The van der Waals surface area contributed by atoms with Gasteiger partial charge in [-0.15, -0.1) is 0 Å². The van der Waals surface area contributed by atoms with Crippen LogP contribution in [0, 0.1) is 5.82 Å². The zero-order chi connectivity index (χ0) is 13.2. The third kappa shape index (κ3) is 2.90. The molecule has 0 unspecified atom stereocenters. The highest BCUT2D eigenvalue weighted by molar-refractivity contribution is 9.10. The predicted octanol–water partition coefficient (Wildman–Crippen LogP) is 1.57. The maximum atomic E-state index is 13.8. The molecule has 1 heterocycles. The van der Waals surface area contributed by atoms with Crippen LogP contribution in [0.3, 0.4) is 0 Å². The summed E-state index contributed by atoms with van der Waals surface area (Å²) in [7, 11) is -3.74. The SMILES string of the molecule is O=S(=O)(c1ccc(Br)cc1F)N1CCCNCC1. The largest absolute Gasteiger partial charge is 0.315 e. The van der Waals surface area contributed by atoms with Gasteiger partial charge < -0.3 is 5.32 Å². The van der Waals surface area contributed by atoms with Crippen LogP contribution in [0.5, 0.6) is 0 Å². The molecule has 0 atom stereocenters. The van der Waals surface area contributed by atoms with Gasteiger partial charge in [0.1, 0.15) is 10.7 Å². The number of sulfonamides is 1. The second-order valence-electron chi connectivity index (χ2n) is 4.08. The minimum Gasteiger partial charge on any atom is -0.315 e. The van der Waals surface area contributed by atoms with E-state index in [0.717, 1.165) is 13.0 Å². The molecule has 1 N–H and O–H groups in total. The van der Waals surface area contributed by atoms with E-state index in [0.29, 0.717) is 24.1 Å². The van der Waals surface area contributed by atoms with Crippen molar-refractivity contribution >= 4 is 26.0 Å². The molecule has 1 aliphatic rings. The smallest absolute Gasteiger partial charge is 0.246 e. The minimum atomic E-state index is -3.74. The predicted molar refractivity (Wildman–Crippen MR) is 70.3 cm³/mol. The van der Waals surface area contributed by atoms with E-state index >= 15 is 0 Å². The Morgan fingerprint density at radius 1 is 1.28 bits per heavy atom. The molecule has 4 nitrogen and oxygen atoms in total. The Labute approximate surface area is 114 Å². The summed E-state index contributed by atoms with van der Waals surface area (Å²) < 4.78 is 40.2. The van der Waals surface area contributed by atoms with Crippen LogP contribution in [0.15, 0.2) is 27.6 Å². The summed E-state index contributed by atoms with van der Waals surface area (Å²) in [6.45, 7) is 2.18. The van der Waals surface area contributed by atoms with E-state index in [9.17, 15) is 12.8 Å². The maximum Gasteiger partial charge on any atom is 0.246 e. The number of benzene rings is 1. The number of hydrogen-bond acceptors (Lipinski definition) is 3. The molecule has 0 spiro atoms. The fraction of sp³-hybridized carbons (Fsp3) is 0.455. The van der Waals surface area contributed by atoms with Gasteiger partial charge in [0.05, 0.1) is 0 Å². The lowest BCUT2D eigenvalue weighted by Gasteiger charge is -2.19. The summed E-state index contributed by atoms with van der Waals surface area (Å²) >= 11 is 3.11. The van der Waals surface area contributed by atoms with Gasteiger partial charge in [-0.25, -0.2) is 12.8 Å². The minimum absolute atomic E-state index is 0.257. The van der Waals surface area contributed by atoms with Crippen LogP contribution < -0.4 is 5.32 Å². The van der Waals surface area contributed by atoms with Gasteiger partial charge in [-0.1, -0.05) is 15.9 Å². The molecular formula is C11H14BrFN2O2S. The van der Waals surface area contributed by atoms with Gasteiger partial charge in [0.25, 0.3) is 0 Å². The number of rotatable bonds is 2. The Morgan fingerprint density at radius 2 is 2.06 bits per heavy atom. The van der Waals surface area contributed by atoms with Crippen molar-refractivity contribution in [3.8, 4) is 0 Å². The Kier molecular flexibility index (Phi) is 4.37. The van der Waals surface area contributed by atoms with Crippen molar-refractivity contribution in [3.63, 3.8) is 0 Å². The molecule has 0 aliphatic carbocycles. The second-order valence-corrected chi connectivity index (χ2v) is 6.90. The number of nitrogens with one attached hydrogen (secondary N) is 1. The standard InChI is InChI=1S/C11H14BrFN2O2S/c12-9-2-3-11(10(13)8-9)18(16,17)15-6-1-4-14-5-7-15/h2-3,8,14H,1,4-7H2. The van der Waals surface area contributed by atoms with E-state index in [1.165, 1.54) is 22.5 Å². The summed E-state index contributed by atoms with van der Waals surface area (Å²) in [4.78, 5) is -0.257. The Balaban J connectivity index is 2.34. The van der Waals surface area contributed by atoms with Crippen LogP contribution in [0.4, 0.5) is 4.39 Å². The normalized spacial score (nSPS) is 18.6. The summed E-state index contributed by atoms with van der Waals surface area (Å²) in [6.07, 6.45) is 0.734. The van der Waals surface area contributed by atoms with E-state index in [1.54, 1.807) is 0 Å². The van der Waals surface area contributed by atoms with Crippen molar-refractivity contribution < 1.29 is 12.8 Å². The molecular weight excluding hydrogens is 323 g/mol. The van der Waals surface area contributed by atoms with Crippen LogP contribution >= 0.6 is 15.9 Å². The van der Waals surface area contributed by atoms with Gasteiger partial charge in [-0.3, -0.25) is 0 Å². The number of nitrogens with zero attached hydrogens (tertiary/aromatic N) is 1. The average molecular weight is 337 g/mol. The summed E-state index contributed by atoms with van der Waals surface area (Å²) in [5, 5.41) is 3.12. The Bertz CT molecular complexity index is 528. The molecule has 1 aliphatic heterocycles. The summed E-state index contributed by atoms with van der Waals surface area (Å²) in [5.74, 6) is -0.721. The first-order valence-corrected chi connectivity index (χ1v) is 7.91. The van der Waals surface area contributed by atoms with E-state index in [2.05, 4.69) is 21.2 Å². The maximum absolute atomic E-state index is 13.8. The van der Waals surface area contributed by atoms with E-state index in [1.807, 2.05) is 0 Å². The molecule has 7 heteroatoms. The first-order chi connectivity index (χ1) is 8.51. The lowest BCUT2D eigenvalue weighted by atomic mass is 10.3. The molecule has 1 aromatic carbocycles. The third-order valence-electron chi connectivity index (χ3n) is 2.81. The van der Waals surface area contributed by atoms with Gasteiger partial charge >= 0.3 is 0 Å². The molecule has 100 valence electrons. The summed E-state index contributed by atoms with van der Waals surface area (Å²) in [6, 6.07) is 4.00. The van der Waals surface area contributed by atoms with Gasteiger partial charge in [0.2, 0.25) is 10.0 Å². The number of halogens is 2. The van der Waals surface area contributed by atoms with Crippen LogP contribution in [0.25, 0.3) is 0 Å². The molecule has 0 bridgehead atoms. The highest BCUT2D eigenvalue weighted by Crippen LogP contribution is 2.23. The average Bonchev–Trinajstić information content (AvgIpc) is 2.57. The van der Waals surface area contributed by atoms with E-state index in [-0.39, 0.29) is 4.90 Å². The zero-order valence-electron chi connectivity index (χ0n) is 9.70. The van der Waals surface area contributed by atoms with Gasteiger partial charge in [0.15, 0.2) is 0 Å². The van der Waals surface area contributed by atoms with Crippen molar-refractivity contribution in [2.24, 2.45) is 0 Å². The van der Waals surface area contributed by atoms with Crippen LogP contribution in [0.1, 0.15) is 6.42 Å². The Hall–Kier alpha value is -0.500. The van der Waals surface area contributed by atoms with Crippen LogP contribution in [0.2, 0.25) is 0 Å². The van der Waals surface area contributed by atoms with Crippen molar-refractivity contribution in [1.29, 1.82) is 0 Å². The van der Waals surface area contributed by atoms with Crippen molar-refractivity contribution in [1.82, 2.24) is 9.62 Å². The van der Waals surface area contributed by atoms with Crippen molar-refractivity contribution in [2.75, 3.05) is 26.2 Å². The summed E-state index contributed by atoms with van der Waals surface area (Å²) in [5.41, 5.74) is 0. The number of hydrogen-bond donors (Lipinski definition) is 1. The van der Waals surface area contributed by atoms with Gasteiger partial charge in [-0.05, 0) is 31.2 Å². The lowest BCUT2D eigenvalue weighted by molar-refractivity contribution is 0.427. The molecule has 1 aromatic rings. The topological polar surface area (TPSA) is 49.4 Å². The van der Waals surface area contributed by atoms with Crippen LogP contribution in [-0.4, -0.2) is 38.9 Å². The molecule has 1 fully saturated rings. The molecule has 18 heavy (non-hydrogen) atoms. The fourth-order valence-corrected chi connectivity index (χ4v) is 3.74. The highest BCUT2D eigenvalue weighted by Gasteiger charge is 2.27. The van der Waals surface area contributed by atoms with Crippen LogP contribution in [-0.2, 0) is 10.0 Å². The fourth-order valence-electron chi connectivity index (χ4n) is 1.88. The molecule has 0 amide bonds. The molecule has 0 aromatic heterocycles. The Morgan fingerprint density at radius 3 is 2.78 bits per heavy atom. The lowest BCUT2D eigenvalue weighted by Crippen LogP contribution is -2.34. The second kappa shape index (κ2) is 5.64. The molecule has 1 saturated heterocycles. The molecule has 2 rings (SSSR count). The van der Waals surface area contributed by atoms with Crippen molar-refractivity contribution in [2.45, 2.75) is 11.3 Å². The zero-order valence-corrected chi connectivity index (χ0v) is 12.1. The highest BCUT2D eigenvalue weighted by atomic mass is 79.9. The monoisotopic (exact) mass is 336 g/mol. The first kappa shape index (κ1) is 13.9. The molecule has 0 saturated carbocycles. The third-order valence-corrected chi connectivity index (χ3v) is 5.24. The van der Waals surface area contributed by atoms with E-state index in [4.69, 9.17) is 0 Å². The van der Waals surface area contributed by atoms with E-state index < -0.39 is 15.8 Å². The van der Waals surface area contributed by atoms with Crippen molar-refractivity contribution in [3.05, 3.63) is 28.5 Å². The van der Waals surface area contributed by atoms with Gasteiger partial charge in [-0.2, -0.15) is 4.31 Å². The quantitative estimate of drug-likeness (QED) is 0.891. The first-order valence-electron chi connectivity index (χ1n) is 5.68. The molecule has 0 radical (unpaired) electrons. The van der Waals surface area contributed by atoms with Gasteiger partial charge in [0, 0.05) is 24.1 Å².